The highest BCUT2D eigenvalue weighted by molar-refractivity contribution is 7.92. The Bertz CT molecular complexity index is 1210. The van der Waals surface area contributed by atoms with Gasteiger partial charge in [0.05, 0.1) is 17.7 Å². The highest BCUT2D eigenvalue weighted by Gasteiger charge is 2.18. The van der Waals surface area contributed by atoms with Gasteiger partial charge < -0.3 is 19.5 Å². The molecule has 0 spiro atoms. The molecule has 4 rings (SSSR count). The van der Waals surface area contributed by atoms with Gasteiger partial charge in [-0.05, 0) is 54.6 Å². The molecule has 0 saturated carbocycles. The summed E-state index contributed by atoms with van der Waals surface area (Å²) < 4.78 is 44.0. The predicted molar refractivity (Wildman–Crippen MR) is 116 cm³/mol. The van der Waals surface area contributed by atoms with Crippen LogP contribution >= 0.6 is 0 Å². The van der Waals surface area contributed by atoms with E-state index in [1.165, 1.54) is 31.4 Å². The van der Waals surface area contributed by atoms with Crippen molar-refractivity contribution in [1.82, 2.24) is 0 Å². The largest absolute Gasteiger partial charge is 0.495 e. The topological polar surface area (TPSA) is 103 Å². The fraction of sp³-hybridized carbons (Fsp3) is 0.136. The van der Waals surface area contributed by atoms with Crippen LogP contribution in [0.3, 0.4) is 0 Å². The van der Waals surface area contributed by atoms with E-state index in [1.54, 1.807) is 42.5 Å². The summed E-state index contributed by atoms with van der Waals surface area (Å²) in [6.07, 6.45) is 0. The van der Waals surface area contributed by atoms with Gasteiger partial charge in [0.15, 0.2) is 11.5 Å². The molecule has 0 saturated heterocycles. The molecular formula is C22H20N2O6S. The van der Waals surface area contributed by atoms with E-state index in [2.05, 4.69) is 10.0 Å². The van der Waals surface area contributed by atoms with Crippen LogP contribution in [0.25, 0.3) is 0 Å². The Morgan fingerprint density at radius 2 is 1.65 bits per heavy atom. The van der Waals surface area contributed by atoms with Crippen LogP contribution in [0, 0.1) is 0 Å². The third kappa shape index (κ3) is 4.56. The highest BCUT2D eigenvalue weighted by atomic mass is 32.2. The third-order valence-corrected chi connectivity index (χ3v) is 5.96. The monoisotopic (exact) mass is 440 g/mol. The number of nitrogens with one attached hydrogen (secondary N) is 2. The van der Waals surface area contributed by atoms with E-state index in [1.807, 2.05) is 0 Å². The van der Waals surface area contributed by atoms with Gasteiger partial charge >= 0.3 is 0 Å². The van der Waals surface area contributed by atoms with Gasteiger partial charge in [-0.3, -0.25) is 9.52 Å². The molecule has 0 aromatic heterocycles. The molecule has 1 aliphatic heterocycles. The summed E-state index contributed by atoms with van der Waals surface area (Å²) in [4.78, 5) is 12.6. The number of anilines is 2. The van der Waals surface area contributed by atoms with Crippen LogP contribution in [0.15, 0.2) is 71.6 Å². The maximum atomic E-state index is 12.7. The summed E-state index contributed by atoms with van der Waals surface area (Å²) in [6.45, 7) is 0.899. The van der Waals surface area contributed by atoms with Crippen molar-refractivity contribution < 1.29 is 27.4 Å². The van der Waals surface area contributed by atoms with Gasteiger partial charge in [0.1, 0.15) is 19.0 Å². The molecule has 1 aliphatic rings. The van der Waals surface area contributed by atoms with Crippen LogP contribution in [0.2, 0.25) is 0 Å². The molecule has 0 fully saturated rings. The summed E-state index contributed by atoms with van der Waals surface area (Å²) in [5, 5.41) is 2.74. The number of hydrogen-bond acceptors (Lipinski definition) is 6. The van der Waals surface area contributed by atoms with Crippen molar-refractivity contribution in [2.75, 3.05) is 30.4 Å². The van der Waals surface area contributed by atoms with Crippen molar-refractivity contribution in [2.24, 2.45) is 0 Å². The van der Waals surface area contributed by atoms with Crippen molar-refractivity contribution in [3.05, 3.63) is 72.3 Å². The lowest BCUT2D eigenvalue weighted by Crippen LogP contribution is -2.17. The number of fused-ring (bicyclic) bond motifs is 1. The van der Waals surface area contributed by atoms with Crippen LogP contribution in [-0.4, -0.2) is 34.6 Å². The Labute approximate surface area is 179 Å². The first-order valence-electron chi connectivity index (χ1n) is 9.43. The number of benzene rings is 3. The Balaban J connectivity index is 1.47. The lowest BCUT2D eigenvalue weighted by Gasteiger charge is -2.18. The van der Waals surface area contributed by atoms with Gasteiger partial charge in [0, 0.05) is 11.3 Å². The molecule has 1 amide bonds. The molecule has 9 heteroatoms. The second kappa shape index (κ2) is 8.57. The van der Waals surface area contributed by atoms with Gasteiger partial charge in [0.25, 0.3) is 15.9 Å². The van der Waals surface area contributed by atoms with E-state index in [4.69, 9.17) is 14.2 Å². The number of rotatable bonds is 6. The summed E-state index contributed by atoms with van der Waals surface area (Å²) in [5.41, 5.74) is 1.19. The number of carbonyl (C=O) groups is 1. The zero-order chi connectivity index (χ0) is 21.8. The summed E-state index contributed by atoms with van der Waals surface area (Å²) >= 11 is 0. The SMILES string of the molecule is COc1ccccc1NS(=O)(=O)c1ccc(NC(=O)c2ccc3c(c2)OCCO3)cc1. The van der Waals surface area contributed by atoms with Gasteiger partial charge in [-0.1, -0.05) is 12.1 Å². The molecule has 160 valence electrons. The number of ether oxygens (including phenoxy) is 3. The molecule has 3 aromatic carbocycles. The summed E-state index contributed by atoms with van der Waals surface area (Å²) in [6, 6.07) is 17.5. The Kier molecular flexibility index (Phi) is 5.68. The van der Waals surface area contributed by atoms with Crippen molar-refractivity contribution >= 4 is 27.3 Å². The molecule has 0 radical (unpaired) electrons. The quantitative estimate of drug-likeness (QED) is 0.608. The minimum Gasteiger partial charge on any atom is -0.495 e. The van der Waals surface area contributed by atoms with Gasteiger partial charge in [-0.25, -0.2) is 8.42 Å². The highest BCUT2D eigenvalue weighted by Crippen LogP contribution is 2.31. The zero-order valence-electron chi connectivity index (χ0n) is 16.6. The molecule has 8 nitrogen and oxygen atoms in total. The normalized spacial score (nSPS) is 12.7. The summed E-state index contributed by atoms with van der Waals surface area (Å²) in [5.74, 6) is 1.18. The molecule has 0 aliphatic carbocycles. The number of hydrogen-bond donors (Lipinski definition) is 2. The minimum absolute atomic E-state index is 0.0516. The Morgan fingerprint density at radius 3 is 2.39 bits per heavy atom. The van der Waals surface area contributed by atoms with Crippen LogP contribution in [0.1, 0.15) is 10.4 Å². The molecular weight excluding hydrogens is 420 g/mol. The lowest BCUT2D eigenvalue weighted by atomic mass is 10.1. The van der Waals surface area contributed by atoms with E-state index < -0.39 is 10.0 Å². The van der Waals surface area contributed by atoms with Crippen molar-refractivity contribution in [3.8, 4) is 17.2 Å². The maximum absolute atomic E-state index is 12.7. The number of sulfonamides is 1. The second-order valence-corrected chi connectivity index (χ2v) is 8.33. The van der Waals surface area contributed by atoms with E-state index in [0.717, 1.165) is 0 Å². The molecule has 0 unspecified atom stereocenters. The van der Waals surface area contributed by atoms with Crippen LogP contribution < -0.4 is 24.2 Å². The number of amides is 1. The number of carbonyl (C=O) groups excluding carboxylic acids is 1. The number of methoxy groups -OCH3 is 1. The maximum Gasteiger partial charge on any atom is 0.262 e. The van der Waals surface area contributed by atoms with Crippen LogP contribution in [0.4, 0.5) is 11.4 Å². The predicted octanol–water partition coefficient (Wildman–Crippen LogP) is 3.52. The van der Waals surface area contributed by atoms with Crippen LogP contribution in [-0.2, 0) is 10.0 Å². The molecule has 1 heterocycles. The van der Waals surface area contributed by atoms with E-state index in [0.29, 0.717) is 47.4 Å². The molecule has 0 atom stereocenters. The first kappa shape index (κ1) is 20.5. The van der Waals surface area contributed by atoms with E-state index >= 15 is 0 Å². The minimum atomic E-state index is -3.83. The molecule has 0 bridgehead atoms. The number of para-hydroxylation sites is 2. The molecule has 3 aromatic rings. The average molecular weight is 440 g/mol. The van der Waals surface area contributed by atoms with Gasteiger partial charge in [-0.15, -0.1) is 0 Å². The lowest BCUT2D eigenvalue weighted by molar-refractivity contribution is 0.102. The zero-order valence-corrected chi connectivity index (χ0v) is 17.4. The third-order valence-electron chi connectivity index (χ3n) is 4.58. The molecule has 31 heavy (non-hydrogen) atoms. The van der Waals surface area contributed by atoms with E-state index in [-0.39, 0.29) is 10.8 Å². The Hall–Kier alpha value is -3.72. The average Bonchev–Trinajstić information content (AvgIpc) is 2.79. The van der Waals surface area contributed by atoms with Gasteiger partial charge in [-0.2, -0.15) is 0 Å². The Morgan fingerprint density at radius 1 is 0.935 bits per heavy atom. The smallest absolute Gasteiger partial charge is 0.262 e. The fourth-order valence-electron chi connectivity index (χ4n) is 3.04. The van der Waals surface area contributed by atoms with Crippen molar-refractivity contribution in [2.45, 2.75) is 4.90 Å². The fourth-order valence-corrected chi connectivity index (χ4v) is 4.11. The first-order chi connectivity index (χ1) is 15.0. The molecule has 2 N–H and O–H groups in total. The van der Waals surface area contributed by atoms with Crippen LogP contribution in [0.5, 0.6) is 17.2 Å². The summed E-state index contributed by atoms with van der Waals surface area (Å²) in [7, 11) is -2.36. The van der Waals surface area contributed by atoms with E-state index in [9.17, 15) is 13.2 Å². The standard InChI is InChI=1S/C22H20N2O6S/c1-28-19-5-3-2-4-18(19)24-31(26,27)17-9-7-16(8-10-17)23-22(25)15-6-11-20-21(14-15)30-13-12-29-20/h2-11,14,24H,12-13H2,1H3,(H,23,25). The van der Waals surface area contributed by atoms with Crippen molar-refractivity contribution in [1.29, 1.82) is 0 Å². The van der Waals surface area contributed by atoms with Gasteiger partial charge in [0.2, 0.25) is 0 Å². The second-order valence-electron chi connectivity index (χ2n) is 6.64. The first-order valence-corrected chi connectivity index (χ1v) is 10.9. The van der Waals surface area contributed by atoms with Crippen molar-refractivity contribution in [3.63, 3.8) is 0 Å².